The molecule has 0 aromatic carbocycles. The number of nitrogens with one attached hydrogen (secondary N) is 1. The van der Waals surface area contributed by atoms with E-state index in [1.807, 2.05) is 12.4 Å². The summed E-state index contributed by atoms with van der Waals surface area (Å²) >= 11 is 0. The molecular weight excluding hydrogens is 236 g/mol. The van der Waals surface area contributed by atoms with Crippen LogP contribution in [0.15, 0.2) is 18.5 Å². The Kier molecular flexibility index (Phi) is 2.68. The Morgan fingerprint density at radius 1 is 1.37 bits per heavy atom. The lowest BCUT2D eigenvalue weighted by atomic mass is 9.88. The van der Waals surface area contributed by atoms with Gasteiger partial charge in [0.1, 0.15) is 11.3 Å². The minimum absolute atomic E-state index is 0.0248. The summed E-state index contributed by atoms with van der Waals surface area (Å²) in [5.74, 6) is 1.19. The summed E-state index contributed by atoms with van der Waals surface area (Å²) in [6.07, 6.45) is 4.86. The highest BCUT2D eigenvalue weighted by Crippen LogP contribution is 2.35. The fraction of sp³-hybridized carbons (Fsp3) is 0.600. The van der Waals surface area contributed by atoms with Crippen molar-refractivity contribution in [2.24, 2.45) is 0 Å². The minimum Gasteiger partial charge on any atom is -0.322 e. The average Bonchev–Trinajstić information content (AvgIpc) is 2.92. The number of nitrogens with zero attached hydrogens (tertiary/aromatic N) is 3. The quantitative estimate of drug-likeness (QED) is 0.854. The Labute approximate surface area is 114 Å². The molecule has 0 amide bonds. The second kappa shape index (κ2) is 4.04. The van der Waals surface area contributed by atoms with Crippen LogP contribution in [-0.2, 0) is 11.0 Å². The van der Waals surface area contributed by atoms with E-state index in [0.29, 0.717) is 0 Å². The maximum absolute atomic E-state index is 4.89. The van der Waals surface area contributed by atoms with Crippen LogP contribution in [0.3, 0.4) is 0 Å². The van der Waals surface area contributed by atoms with E-state index in [1.165, 1.54) is 11.3 Å². The van der Waals surface area contributed by atoms with Crippen LogP contribution in [0.5, 0.6) is 0 Å². The van der Waals surface area contributed by atoms with E-state index in [4.69, 9.17) is 4.98 Å². The van der Waals surface area contributed by atoms with Crippen molar-refractivity contribution >= 4 is 11.0 Å². The van der Waals surface area contributed by atoms with E-state index in [-0.39, 0.29) is 11.0 Å². The zero-order chi connectivity index (χ0) is 13.7. The van der Waals surface area contributed by atoms with Gasteiger partial charge in [0.2, 0.25) is 0 Å². The highest BCUT2D eigenvalue weighted by molar-refractivity contribution is 5.75. The lowest BCUT2D eigenvalue weighted by Crippen LogP contribution is -2.34. The molecule has 0 radical (unpaired) electrons. The van der Waals surface area contributed by atoms with Crippen LogP contribution in [0.4, 0.5) is 0 Å². The molecule has 4 nitrogen and oxygen atoms in total. The van der Waals surface area contributed by atoms with Gasteiger partial charge in [-0.25, -0.2) is 4.98 Å². The summed E-state index contributed by atoms with van der Waals surface area (Å²) in [5.41, 5.74) is 2.33. The van der Waals surface area contributed by atoms with Gasteiger partial charge in [-0.3, -0.25) is 4.98 Å². The Morgan fingerprint density at radius 2 is 2.16 bits per heavy atom. The lowest BCUT2D eigenvalue weighted by molar-refractivity contribution is 0.353. The van der Waals surface area contributed by atoms with Crippen LogP contribution in [0, 0.1) is 0 Å². The van der Waals surface area contributed by atoms with E-state index in [0.717, 1.165) is 25.0 Å². The molecule has 1 aliphatic rings. The third-order valence-corrected chi connectivity index (χ3v) is 4.04. The van der Waals surface area contributed by atoms with Gasteiger partial charge in [0.15, 0.2) is 0 Å². The first-order chi connectivity index (χ1) is 8.92. The molecular formula is C15H22N4. The molecule has 0 saturated carbocycles. The van der Waals surface area contributed by atoms with Crippen molar-refractivity contribution in [3.05, 3.63) is 24.3 Å². The Hall–Kier alpha value is -1.42. The molecule has 1 aliphatic heterocycles. The molecule has 0 aliphatic carbocycles. The first-order valence-corrected chi connectivity index (χ1v) is 6.96. The Balaban J connectivity index is 2.29. The molecule has 3 heterocycles. The molecule has 1 fully saturated rings. The third-order valence-electron chi connectivity index (χ3n) is 4.04. The molecule has 2 aromatic heterocycles. The fourth-order valence-electron chi connectivity index (χ4n) is 3.02. The molecule has 3 rings (SSSR count). The zero-order valence-corrected chi connectivity index (χ0v) is 12.2. The molecule has 1 N–H and O–H groups in total. The van der Waals surface area contributed by atoms with Crippen molar-refractivity contribution in [3.63, 3.8) is 0 Å². The fourth-order valence-corrected chi connectivity index (χ4v) is 3.02. The third kappa shape index (κ3) is 1.94. The van der Waals surface area contributed by atoms with Crippen LogP contribution in [-0.4, -0.2) is 27.6 Å². The molecule has 0 spiro atoms. The molecule has 0 bridgehead atoms. The molecule has 102 valence electrons. The van der Waals surface area contributed by atoms with Crippen LogP contribution in [0.1, 0.15) is 39.9 Å². The standard InChI is InChI=1S/C15H22N4/c1-14(2,3)19-12-5-7-16-9-11(12)18-13(19)15(4)6-8-17-10-15/h5,7,9,17H,6,8,10H2,1-4H3. The van der Waals surface area contributed by atoms with E-state index in [9.17, 15) is 0 Å². The van der Waals surface area contributed by atoms with Crippen molar-refractivity contribution < 1.29 is 0 Å². The first kappa shape index (κ1) is 12.6. The molecule has 19 heavy (non-hydrogen) atoms. The maximum atomic E-state index is 4.89. The predicted molar refractivity (Wildman–Crippen MR) is 77.4 cm³/mol. The number of pyridine rings is 1. The summed E-state index contributed by atoms with van der Waals surface area (Å²) in [5, 5.41) is 3.47. The van der Waals surface area contributed by atoms with Gasteiger partial charge in [0.05, 0.1) is 11.7 Å². The van der Waals surface area contributed by atoms with E-state index in [1.54, 1.807) is 0 Å². The minimum atomic E-state index is 0.0248. The monoisotopic (exact) mass is 258 g/mol. The van der Waals surface area contributed by atoms with Gasteiger partial charge in [0.25, 0.3) is 0 Å². The van der Waals surface area contributed by atoms with Crippen molar-refractivity contribution in [1.29, 1.82) is 0 Å². The first-order valence-electron chi connectivity index (χ1n) is 6.96. The molecule has 1 saturated heterocycles. The van der Waals surface area contributed by atoms with Gasteiger partial charge in [-0.05, 0) is 39.8 Å². The van der Waals surface area contributed by atoms with E-state index < -0.39 is 0 Å². The number of hydrogen-bond donors (Lipinski definition) is 1. The largest absolute Gasteiger partial charge is 0.322 e. The van der Waals surface area contributed by atoms with Crippen molar-refractivity contribution in [1.82, 2.24) is 19.9 Å². The van der Waals surface area contributed by atoms with Crippen LogP contribution in [0.2, 0.25) is 0 Å². The van der Waals surface area contributed by atoms with Crippen molar-refractivity contribution in [2.75, 3.05) is 13.1 Å². The molecule has 2 aromatic rings. The SMILES string of the molecule is CC1(c2nc3cnccc3n2C(C)(C)C)CCNC1. The van der Waals surface area contributed by atoms with Gasteiger partial charge in [-0.1, -0.05) is 6.92 Å². The Morgan fingerprint density at radius 3 is 2.79 bits per heavy atom. The number of hydrogen-bond acceptors (Lipinski definition) is 3. The second-order valence-electron chi connectivity index (χ2n) is 6.79. The van der Waals surface area contributed by atoms with Gasteiger partial charge < -0.3 is 9.88 Å². The topological polar surface area (TPSA) is 42.7 Å². The van der Waals surface area contributed by atoms with Gasteiger partial charge in [0, 0.05) is 23.7 Å². The zero-order valence-electron chi connectivity index (χ0n) is 12.2. The van der Waals surface area contributed by atoms with Crippen molar-refractivity contribution in [3.8, 4) is 0 Å². The summed E-state index contributed by atoms with van der Waals surface area (Å²) < 4.78 is 2.39. The molecule has 4 heteroatoms. The number of aromatic nitrogens is 3. The highest BCUT2D eigenvalue weighted by atomic mass is 15.2. The van der Waals surface area contributed by atoms with Crippen molar-refractivity contribution in [2.45, 2.75) is 45.1 Å². The average molecular weight is 258 g/mol. The second-order valence-corrected chi connectivity index (χ2v) is 6.79. The summed E-state index contributed by atoms with van der Waals surface area (Å²) in [6, 6.07) is 2.07. The molecule has 1 unspecified atom stereocenters. The smallest absolute Gasteiger partial charge is 0.117 e. The predicted octanol–water partition coefficient (Wildman–Crippen LogP) is 2.44. The summed E-state index contributed by atoms with van der Waals surface area (Å²) in [7, 11) is 0. The van der Waals surface area contributed by atoms with Gasteiger partial charge >= 0.3 is 0 Å². The van der Waals surface area contributed by atoms with Gasteiger partial charge in [-0.2, -0.15) is 0 Å². The molecule has 1 atom stereocenters. The number of imidazole rings is 1. The van der Waals surface area contributed by atoms with E-state index in [2.05, 4.69) is 48.6 Å². The lowest BCUT2D eigenvalue weighted by Gasteiger charge is -2.31. The van der Waals surface area contributed by atoms with Gasteiger partial charge in [-0.15, -0.1) is 0 Å². The summed E-state index contributed by atoms with van der Waals surface area (Å²) in [6.45, 7) is 11.1. The maximum Gasteiger partial charge on any atom is 0.117 e. The van der Waals surface area contributed by atoms with Crippen LogP contribution >= 0.6 is 0 Å². The number of rotatable bonds is 1. The van der Waals surface area contributed by atoms with E-state index >= 15 is 0 Å². The Bertz CT molecular complexity index is 600. The van der Waals surface area contributed by atoms with Crippen LogP contribution < -0.4 is 5.32 Å². The summed E-state index contributed by atoms with van der Waals surface area (Å²) in [4.78, 5) is 9.10. The van der Waals surface area contributed by atoms with Crippen LogP contribution in [0.25, 0.3) is 11.0 Å². The normalized spacial score (nSPS) is 24.2. The number of fused-ring (bicyclic) bond motifs is 1. The highest BCUT2D eigenvalue weighted by Gasteiger charge is 2.37.